The number of aliphatic carboxylic acids is 1. The number of carbonyl (C=O) groups excluding carboxylic acids is 1. The second-order valence-electron chi connectivity index (χ2n) is 3.25. The van der Waals surface area contributed by atoms with Crippen LogP contribution >= 0.6 is 11.6 Å². The summed E-state index contributed by atoms with van der Waals surface area (Å²) in [5, 5.41) is 11.3. The fourth-order valence-corrected chi connectivity index (χ4v) is 1.36. The number of halogens is 1. The number of alkyl halides is 1. The van der Waals surface area contributed by atoms with Crippen LogP contribution in [-0.2, 0) is 9.59 Å². The van der Waals surface area contributed by atoms with Crippen LogP contribution in [0, 0.1) is 0 Å². The summed E-state index contributed by atoms with van der Waals surface area (Å²) in [5.41, 5.74) is 0.455. The standard InChI is InChI=1S/C11H12ClNO4/c1-17-8-4-2-7(3-5-8)10(11(15)16)13-9(14)6-12/h2-5,10H,6H2,1H3,(H,13,14)(H,15,16)/t10-/m0/s1. The van der Waals surface area contributed by atoms with Gasteiger partial charge in [0.1, 0.15) is 11.6 Å². The summed E-state index contributed by atoms with van der Waals surface area (Å²) < 4.78 is 4.96. The summed E-state index contributed by atoms with van der Waals surface area (Å²) >= 11 is 5.31. The van der Waals surface area contributed by atoms with Crippen molar-refractivity contribution in [3.63, 3.8) is 0 Å². The normalized spacial score (nSPS) is 11.6. The number of benzene rings is 1. The Morgan fingerprint density at radius 1 is 1.41 bits per heavy atom. The van der Waals surface area contributed by atoms with Crippen molar-refractivity contribution < 1.29 is 19.4 Å². The van der Waals surface area contributed by atoms with Gasteiger partial charge in [0.15, 0.2) is 6.04 Å². The van der Waals surface area contributed by atoms with E-state index in [1.165, 1.54) is 7.11 Å². The van der Waals surface area contributed by atoms with Crippen LogP contribution in [0.25, 0.3) is 0 Å². The summed E-state index contributed by atoms with van der Waals surface area (Å²) in [6, 6.07) is 5.29. The van der Waals surface area contributed by atoms with Gasteiger partial charge in [-0.3, -0.25) is 4.79 Å². The van der Waals surface area contributed by atoms with Crippen LogP contribution in [0.2, 0.25) is 0 Å². The molecule has 0 unspecified atom stereocenters. The number of carboxylic acids is 1. The number of hydrogen-bond acceptors (Lipinski definition) is 3. The van der Waals surface area contributed by atoms with Crippen LogP contribution in [0.1, 0.15) is 11.6 Å². The van der Waals surface area contributed by atoms with Crippen molar-refractivity contribution in [1.82, 2.24) is 5.32 Å². The molecule has 1 rings (SSSR count). The van der Waals surface area contributed by atoms with Crippen molar-refractivity contribution >= 4 is 23.5 Å². The number of ether oxygens (including phenoxy) is 1. The average Bonchev–Trinajstić information content (AvgIpc) is 2.35. The van der Waals surface area contributed by atoms with Gasteiger partial charge in [-0.2, -0.15) is 0 Å². The van der Waals surface area contributed by atoms with Crippen LogP contribution in [0.3, 0.4) is 0 Å². The van der Waals surface area contributed by atoms with Crippen LogP contribution in [-0.4, -0.2) is 30.0 Å². The quantitative estimate of drug-likeness (QED) is 0.777. The molecule has 1 aromatic carbocycles. The van der Waals surface area contributed by atoms with E-state index in [4.69, 9.17) is 21.4 Å². The molecule has 0 bridgehead atoms. The van der Waals surface area contributed by atoms with Gasteiger partial charge in [-0.25, -0.2) is 4.79 Å². The van der Waals surface area contributed by atoms with Gasteiger partial charge in [0.05, 0.1) is 7.11 Å². The molecule has 0 aromatic heterocycles. The molecule has 5 nitrogen and oxygen atoms in total. The number of carboxylic acid groups (broad SMARTS) is 1. The van der Waals surface area contributed by atoms with Crippen LogP contribution in [0.15, 0.2) is 24.3 Å². The van der Waals surface area contributed by atoms with Crippen LogP contribution in [0.5, 0.6) is 5.75 Å². The van der Waals surface area contributed by atoms with Crippen molar-refractivity contribution in [1.29, 1.82) is 0 Å². The average molecular weight is 258 g/mol. The minimum absolute atomic E-state index is 0.278. The highest BCUT2D eigenvalue weighted by molar-refractivity contribution is 6.27. The Labute approximate surface area is 103 Å². The Bertz CT molecular complexity index is 404. The Morgan fingerprint density at radius 3 is 2.41 bits per heavy atom. The number of carbonyl (C=O) groups is 2. The second kappa shape index (κ2) is 6.10. The minimum Gasteiger partial charge on any atom is -0.497 e. The Morgan fingerprint density at radius 2 is 2.00 bits per heavy atom. The molecule has 0 heterocycles. The van der Waals surface area contributed by atoms with Gasteiger partial charge in [-0.15, -0.1) is 11.6 Å². The highest BCUT2D eigenvalue weighted by Crippen LogP contribution is 2.17. The number of nitrogens with one attached hydrogen (secondary N) is 1. The van der Waals surface area contributed by atoms with E-state index in [2.05, 4.69) is 5.32 Å². The van der Waals surface area contributed by atoms with Gasteiger partial charge in [-0.05, 0) is 17.7 Å². The lowest BCUT2D eigenvalue weighted by molar-refractivity contribution is -0.141. The summed E-state index contributed by atoms with van der Waals surface area (Å²) in [7, 11) is 1.51. The third kappa shape index (κ3) is 3.64. The Kier molecular flexibility index (Phi) is 4.78. The summed E-state index contributed by atoms with van der Waals surface area (Å²) in [4.78, 5) is 22.1. The molecule has 0 radical (unpaired) electrons. The van der Waals surface area contributed by atoms with Gasteiger partial charge in [0.2, 0.25) is 5.91 Å². The first-order valence-corrected chi connectivity index (χ1v) is 5.34. The van der Waals surface area contributed by atoms with Crippen molar-refractivity contribution in [2.24, 2.45) is 0 Å². The lowest BCUT2D eigenvalue weighted by Gasteiger charge is -2.14. The zero-order valence-electron chi connectivity index (χ0n) is 9.14. The van der Waals surface area contributed by atoms with Crippen LogP contribution < -0.4 is 10.1 Å². The third-order valence-electron chi connectivity index (χ3n) is 2.12. The van der Waals surface area contributed by atoms with Gasteiger partial charge in [0, 0.05) is 0 Å². The highest BCUT2D eigenvalue weighted by atomic mass is 35.5. The molecule has 92 valence electrons. The number of amides is 1. The second-order valence-corrected chi connectivity index (χ2v) is 3.51. The maximum absolute atomic E-state index is 11.1. The minimum atomic E-state index is -1.14. The first-order valence-electron chi connectivity index (χ1n) is 4.80. The molecule has 1 atom stereocenters. The molecule has 2 N–H and O–H groups in total. The first kappa shape index (κ1) is 13.3. The number of rotatable bonds is 5. The van der Waals surface area contributed by atoms with E-state index >= 15 is 0 Å². The lowest BCUT2D eigenvalue weighted by Crippen LogP contribution is -2.34. The van der Waals surface area contributed by atoms with Gasteiger partial charge in [-0.1, -0.05) is 12.1 Å². The Balaban J connectivity index is 2.89. The molecular formula is C11H12ClNO4. The van der Waals surface area contributed by atoms with E-state index in [9.17, 15) is 9.59 Å². The molecule has 1 amide bonds. The maximum Gasteiger partial charge on any atom is 0.330 e. The van der Waals surface area contributed by atoms with Gasteiger partial charge in [0.25, 0.3) is 0 Å². The SMILES string of the molecule is COc1ccc([C@H](NC(=O)CCl)C(=O)O)cc1. The molecule has 0 saturated heterocycles. The van der Waals surface area contributed by atoms with Gasteiger partial charge < -0.3 is 15.2 Å². The topological polar surface area (TPSA) is 75.6 Å². The van der Waals surface area contributed by atoms with Crippen molar-refractivity contribution in [2.45, 2.75) is 6.04 Å². The smallest absolute Gasteiger partial charge is 0.330 e. The summed E-state index contributed by atoms with van der Waals surface area (Å²) in [6.45, 7) is 0. The van der Waals surface area contributed by atoms with E-state index in [0.29, 0.717) is 11.3 Å². The summed E-state index contributed by atoms with van der Waals surface area (Å²) in [6.07, 6.45) is 0. The molecule has 6 heteroatoms. The fraction of sp³-hybridized carbons (Fsp3) is 0.273. The molecule has 17 heavy (non-hydrogen) atoms. The molecular weight excluding hydrogens is 246 g/mol. The van der Waals surface area contributed by atoms with Crippen molar-refractivity contribution in [3.05, 3.63) is 29.8 Å². The number of hydrogen-bond donors (Lipinski definition) is 2. The molecule has 0 fully saturated rings. The summed E-state index contributed by atoms with van der Waals surface area (Å²) in [5.74, 6) is -1.34. The predicted molar refractivity (Wildman–Crippen MR) is 62.2 cm³/mol. The number of methoxy groups -OCH3 is 1. The first-order chi connectivity index (χ1) is 8.08. The van der Waals surface area contributed by atoms with E-state index in [0.717, 1.165) is 0 Å². The molecule has 0 saturated carbocycles. The van der Waals surface area contributed by atoms with E-state index in [-0.39, 0.29) is 5.88 Å². The Hall–Kier alpha value is -1.75. The molecule has 1 aromatic rings. The maximum atomic E-state index is 11.1. The highest BCUT2D eigenvalue weighted by Gasteiger charge is 2.21. The van der Waals surface area contributed by atoms with E-state index < -0.39 is 17.9 Å². The van der Waals surface area contributed by atoms with E-state index in [1.54, 1.807) is 24.3 Å². The van der Waals surface area contributed by atoms with E-state index in [1.807, 2.05) is 0 Å². The largest absolute Gasteiger partial charge is 0.497 e. The van der Waals surface area contributed by atoms with Crippen molar-refractivity contribution in [2.75, 3.05) is 13.0 Å². The van der Waals surface area contributed by atoms with Gasteiger partial charge >= 0.3 is 5.97 Å². The zero-order valence-corrected chi connectivity index (χ0v) is 9.90. The van der Waals surface area contributed by atoms with Crippen LogP contribution in [0.4, 0.5) is 0 Å². The third-order valence-corrected chi connectivity index (χ3v) is 2.37. The molecule has 0 aliphatic rings. The predicted octanol–water partition coefficient (Wildman–Crippen LogP) is 1.18. The molecule has 0 aliphatic heterocycles. The lowest BCUT2D eigenvalue weighted by atomic mass is 10.1. The molecule has 0 spiro atoms. The zero-order chi connectivity index (χ0) is 12.8. The van der Waals surface area contributed by atoms with Crippen molar-refractivity contribution in [3.8, 4) is 5.75 Å². The molecule has 0 aliphatic carbocycles. The fourth-order valence-electron chi connectivity index (χ4n) is 1.28. The monoisotopic (exact) mass is 257 g/mol.